The number of amides is 1. The Balaban J connectivity index is 1.66. The highest BCUT2D eigenvalue weighted by Crippen LogP contribution is 2.33. The van der Waals surface area contributed by atoms with Gasteiger partial charge in [0.15, 0.2) is 5.82 Å². The molecular weight excluding hydrogens is 413 g/mol. The second kappa shape index (κ2) is 7.87. The summed E-state index contributed by atoms with van der Waals surface area (Å²) < 4.78 is 0. The number of rotatable bonds is 4. The number of benzene rings is 3. The Morgan fingerprint density at radius 3 is 2.54 bits per heavy atom. The predicted octanol–water partition coefficient (Wildman–Crippen LogP) is 6.51. The summed E-state index contributed by atoms with van der Waals surface area (Å²) in [7, 11) is 0. The average Bonchev–Trinajstić information content (AvgIpc) is 3.09. The van der Waals surface area contributed by atoms with Crippen molar-refractivity contribution in [1.82, 2.24) is 10.2 Å². The van der Waals surface area contributed by atoms with E-state index in [9.17, 15) is 4.79 Å². The zero-order chi connectivity index (χ0) is 19.7. The van der Waals surface area contributed by atoms with Gasteiger partial charge in [-0.15, -0.1) is 11.8 Å². The molecule has 1 heterocycles. The van der Waals surface area contributed by atoms with E-state index >= 15 is 0 Å². The highest BCUT2D eigenvalue weighted by atomic mass is 35.5. The van der Waals surface area contributed by atoms with Gasteiger partial charge in [-0.2, -0.15) is 5.10 Å². The fraction of sp³-hybridized carbons (Fsp3) is 0.0476. The lowest BCUT2D eigenvalue weighted by molar-refractivity contribution is 0.102. The maximum absolute atomic E-state index is 12.5. The normalized spacial score (nSPS) is 11.0. The minimum absolute atomic E-state index is 0.324. The van der Waals surface area contributed by atoms with Crippen LogP contribution in [0.4, 0.5) is 5.82 Å². The summed E-state index contributed by atoms with van der Waals surface area (Å²) in [5.74, 6) is 0.135. The molecule has 0 bridgehead atoms. The number of anilines is 1. The summed E-state index contributed by atoms with van der Waals surface area (Å²) in [5, 5.41) is 11.7. The Morgan fingerprint density at radius 1 is 1.04 bits per heavy atom. The topological polar surface area (TPSA) is 57.8 Å². The van der Waals surface area contributed by atoms with Crippen molar-refractivity contribution in [2.45, 2.75) is 4.90 Å². The maximum atomic E-state index is 12.5. The van der Waals surface area contributed by atoms with Crippen LogP contribution in [0.1, 0.15) is 10.4 Å². The molecule has 140 valence electrons. The van der Waals surface area contributed by atoms with E-state index in [0.717, 1.165) is 22.0 Å². The van der Waals surface area contributed by atoms with Gasteiger partial charge in [0.2, 0.25) is 0 Å². The molecule has 7 heteroatoms. The van der Waals surface area contributed by atoms with Gasteiger partial charge in [-0.1, -0.05) is 47.5 Å². The summed E-state index contributed by atoms with van der Waals surface area (Å²) in [5.41, 5.74) is 3.46. The molecule has 0 saturated heterocycles. The molecule has 1 aromatic heterocycles. The SMILES string of the molecule is CSc1ccccc1-c1ccc2c(NC(=O)c3cc(Cl)cc(Cl)c3)n[nH]c2c1. The van der Waals surface area contributed by atoms with Crippen LogP contribution in [-0.4, -0.2) is 22.4 Å². The number of carbonyl (C=O) groups excluding carboxylic acids is 1. The lowest BCUT2D eigenvalue weighted by Gasteiger charge is -2.08. The summed E-state index contributed by atoms with van der Waals surface area (Å²) in [6.07, 6.45) is 2.06. The third-order valence-corrected chi connectivity index (χ3v) is 5.57. The number of aromatic nitrogens is 2. The Labute approximate surface area is 176 Å². The van der Waals surface area contributed by atoms with Crippen LogP contribution in [0, 0.1) is 0 Å². The number of H-pyrrole nitrogens is 1. The molecular formula is C21H15Cl2N3OS. The molecule has 0 atom stereocenters. The molecule has 1 amide bonds. The minimum atomic E-state index is -0.324. The van der Waals surface area contributed by atoms with E-state index in [1.54, 1.807) is 30.0 Å². The van der Waals surface area contributed by atoms with Crippen molar-refractivity contribution in [2.75, 3.05) is 11.6 Å². The Hall–Kier alpha value is -2.47. The van der Waals surface area contributed by atoms with Crippen LogP contribution in [0.5, 0.6) is 0 Å². The van der Waals surface area contributed by atoms with Gasteiger partial charge in [-0.05, 0) is 53.8 Å². The van der Waals surface area contributed by atoms with E-state index in [0.29, 0.717) is 21.4 Å². The fourth-order valence-corrected chi connectivity index (χ4v) is 4.18. The number of halogens is 2. The van der Waals surface area contributed by atoms with E-state index in [2.05, 4.69) is 33.9 Å². The molecule has 0 saturated carbocycles. The third-order valence-electron chi connectivity index (χ3n) is 4.34. The van der Waals surface area contributed by atoms with Crippen molar-refractivity contribution in [3.8, 4) is 11.1 Å². The molecule has 4 nitrogen and oxygen atoms in total. The third kappa shape index (κ3) is 3.74. The molecule has 0 spiro atoms. The number of thioether (sulfide) groups is 1. The van der Waals surface area contributed by atoms with E-state index < -0.39 is 0 Å². The van der Waals surface area contributed by atoms with Crippen molar-refractivity contribution < 1.29 is 4.79 Å². The van der Waals surface area contributed by atoms with Gasteiger partial charge >= 0.3 is 0 Å². The second-order valence-corrected chi connectivity index (χ2v) is 7.87. The van der Waals surface area contributed by atoms with Crippen molar-refractivity contribution in [3.63, 3.8) is 0 Å². The van der Waals surface area contributed by atoms with Gasteiger partial charge in [0.25, 0.3) is 5.91 Å². The van der Waals surface area contributed by atoms with Crippen LogP contribution in [0.3, 0.4) is 0 Å². The first-order valence-electron chi connectivity index (χ1n) is 8.44. The minimum Gasteiger partial charge on any atom is -0.305 e. The van der Waals surface area contributed by atoms with Crippen molar-refractivity contribution in [2.24, 2.45) is 0 Å². The van der Waals surface area contributed by atoms with E-state index in [4.69, 9.17) is 23.2 Å². The lowest BCUT2D eigenvalue weighted by Crippen LogP contribution is -2.12. The molecule has 2 N–H and O–H groups in total. The Kier molecular flexibility index (Phi) is 5.31. The number of nitrogens with one attached hydrogen (secondary N) is 2. The van der Waals surface area contributed by atoms with Crippen molar-refractivity contribution in [1.29, 1.82) is 0 Å². The van der Waals surface area contributed by atoms with E-state index in [1.165, 1.54) is 4.90 Å². The standard InChI is InChI=1S/C21H15Cl2N3OS/c1-28-19-5-3-2-4-16(19)12-6-7-17-18(10-12)25-26-20(17)24-21(27)13-8-14(22)11-15(23)9-13/h2-11H,1H3,(H2,24,25,26,27). The first-order chi connectivity index (χ1) is 13.5. The molecule has 28 heavy (non-hydrogen) atoms. The number of hydrogen-bond donors (Lipinski definition) is 2. The lowest BCUT2D eigenvalue weighted by atomic mass is 10.0. The van der Waals surface area contributed by atoms with E-state index in [-0.39, 0.29) is 5.91 Å². The van der Waals surface area contributed by atoms with Gasteiger partial charge in [-0.25, -0.2) is 0 Å². The first-order valence-corrected chi connectivity index (χ1v) is 10.4. The second-order valence-electron chi connectivity index (χ2n) is 6.15. The van der Waals surface area contributed by atoms with Crippen LogP contribution in [-0.2, 0) is 0 Å². The summed E-state index contributed by atoms with van der Waals surface area (Å²) in [4.78, 5) is 13.7. The van der Waals surface area contributed by atoms with Gasteiger partial charge in [0.1, 0.15) is 0 Å². The van der Waals surface area contributed by atoms with Crippen LogP contribution in [0.25, 0.3) is 22.0 Å². The van der Waals surface area contributed by atoms with Crippen LogP contribution >= 0.6 is 35.0 Å². The predicted molar refractivity (Wildman–Crippen MR) is 118 cm³/mol. The van der Waals surface area contributed by atoms with Crippen molar-refractivity contribution in [3.05, 3.63) is 76.3 Å². The first kappa shape index (κ1) is 18.9. The molecule has 4 rings (SSSR count). The number of hydrogen-bond acceptors (Lipinski definition) is 3. The molecule has 0 fully saturated rings. The largest absolute Gasteiger partial charge is 0.305 e. The molecule has 4 aromatic rings. The summed E-state index contributed by atoms with van der Waals surface area (Å²) in [6.45, 7) is 0. The molecule has 0 aliphatic rings. The van der Waals surface area contributed by atoms with Gasteiger partial charge in [-0.3, -0.25) is 9.89 Å². The number of nitrogens with zero attached hydrogens (tertiary/aromatic N) is 1. The number of fused-ring (bicyclic) bond motifs is 1. The quantitative estimate of drug-likeness (QED) is 0.364. The van der Waals surface area contributed by atoms with Gasteiger partial charge in [0.05, 0.1) is 5.52 Å². The highest BCUT2D eigenvalue weighted by molar-refractivity contribution is 7.98. The van der Waals surface area contributed by atoms with Crippen LogP contribution in [0.2, 0.25) is 10.0 Å². The average molecular weight is 428 g/mol. The molecule has 0 aliphatic heterocycles. The summed E-state index contributed by atoms with van der Waals surface area (Å²) >= 11 is 13.7. The number of aromatic amines is 1. The highest BCUT2D eigenvalue weighted by Gasteiger charge is 2.14. The molecule has 3 aromatic carbocycles. The Morgan fingerprint density at radius 2 is 1.79 bits per heavy atom. The maximum Gasteiger partial charge on any atom is 0.256 e. The smallest absolute Gasteiger partial charge is 0.256 e. The summed E-state index contributed by atoms with van der Waals surface area (Å²) in [6, 6.07) is 19.0. The monoisotopic (exact) mass is 427 g/mol. The Bertz CT molecular complexity index is 1170. The zero-order valence-electron chi connectivity index (χ0n) is 14.8. The van der Waals surface area contributed by atoms with E-state index in [1.807, 2.05) is 30.3 Å². The zero-order valence-corrected chi connectivity index (χ0v) is 17.1. The van der Waals surface area contributed by atoms with Gasteiger partial charge in [0, 0.05) is 25.9 Å². The molecule has 0 radical (unpaired) electrons. The number of carbonyl (C=O) groups is 1. The van der Waals surface area contributed by atoms with Crippen molar-refractivity contribution >= 4 is 57.6 Å². The van der Waals surface area contributed by atoms with Crippen LogP contribution in [0.15, 0.2) is 65.6 Å². The van der Waals surface area contributed by atoms with Gasteiger partial charge < -0.3 is 5.32 Å². The fourth-order valence-electron chi connectivity index (χ4n) is 3.03. The van der Waals surface area contributed by atoms with Crippen LogP contribution < -0.4 is 5.32 Å². The molecule has 0 aliphatic carbocycles. The molecule has 0 unspecified atom stereocenters.